The van der Waals surface area contributed by atoms with E-state index in [4.69, 9.17) is 0 Å². The average Bonchev–Trinajstić information content (AvgIpc) is 2.62. The molecule has 1 unspecified atom stereocenters. The molecule has 1 aliphatic rings. The van der Waals surface area contributed by atoms with Crippen LogP contribution in [0, 0.1) is 11.6 Å². The lowest BCUT2D eigenvalue weighted by atomic mass is 10.0. The molecule has 0 aromatic heterocycles. The maximum atomic E-state index is 14.1. The SMILES string of the molecule is CCC(c1ccc(F)cc1F)N1CCN(C(=NC)NCCCF)CC1.I. The number of hydrogen-bond donors (Lipinski definition) is 1. The van der Waals surface area contributed by atoms with Crippen LogP contribution in [0.1, 0.15) is 31.4 Å². The van der Waals surface area contributed by atoms with Crippen LogP contribution in [0.2, 0.25) is 0 Å². The van der Waals surface area contributed by atoms with Gasteiger partial charge in [-0.1, -0.05) is 13.0 Å². The molecular formula is C18H28F3IN4. The fraction of sp³-hybridized carbons (Fsp3) is 0.611. The van der Waals surface area contributed by atoms with Gasteiger partial charge in [0.25, 0.3) is 0 Å². The van der Waals surface area contributed by atoms with Crippen LogP contribution in [-0.4, -0.2) is 62.2 Å². The van der Waals surface area contributed by atoms with Crippen molar-refractivity contribution in [2.75, 3.05) is 46.4 Å². The number of guanidine groups is 1. The molecule has 4 nitrogen and oxygen atoms in total. The van der Waals surface area contributed by atoms with Gasteiger partial charge in [0, 0.05) is 57.4 Å². The van der Waals surface area contributed by atoms with Crippen molar-refractivity contribution in [3.05, 3.63) is 35.4 Å². The van der Waals surface area contributed by atoms with E-state index >= 15 is 0 Å². The normalized spacial score (nSPS) is 17.0. The summed E-state index contributed by atoms with van der Waals surface area (Å²) in [4.78, 5) is 8.60. The first-order chi connectivity index (χ1) is 12.1. The Balaban J connectivity index is 0.00000338. The van der Waals surface area contributed by atoms with Crippen molar-refractivity contribution < 1.29 is 13.2 Å². The van der Waals surface area contributed by atoms with E-state index in [0.717, 1.165) is 44.6 Å². The number of halogens is 4. The molecule has 1 atom stereocenters. The summed E-state index contributed by atoms with van der Waals surface area (Å²) in [6.07, 6.45) is 1.22. The lowest BCUT2D eigenvalue weighted by molar-refractivity contribution is 0.124. The maximum absolute atomic E-state index is 14.1. The van der Waals surface area contributed by atoms with E-state index in [9.17, 15) is 13.2 Å². The summed E-state index contributed by atoms with van der Waals surface area (Å²) in [6.45, 7) is 5.26. The van der Waals surface area contributed by atoms with Crippen molar-refractivity contribution >= 4 is 29.9 Å². The second-order valence-electron chi connectivity index (χ2n) is 6.13. The van der Waals surface area contributed by atoms with E-state index < -0.39 is 11.6 Å². The Morgan fingerprint density at radius 3 is 2.46 bits per heavy atom. The van der Waals surface area contributed by atoms with E-state index in [0.29, 0.717) is 18.5 Å². The third-order valence-electron chi connectivity index (χ3n) is 4.57. The largest absolute Gasteiger partial charge is 0.356 e. The molecule has 0 spiro atoms. The minimum atomic E-state index is -0.552. The number of benzene rings is 1. The number of rotatable bonds is 6. The molecule has 0 radical (unpaired) electrons. The van der Waals surface area contributed by atoms with Crippen LogP contribution in [0.5, 0.6) is 0 Å². The van der Waals surface area contributed by atoms with Crippen molar-refractivity contribution in [3.8, 4) is 0 Å². The predicted molar refractivity (Wildman–Crippen MR) is 110 cm³/mol. The molecule has 148 valence electrons. The molecule has 1 fully saturated rings. The fourth-order valence-corrected chi connectivity index (χ4v) is 3.29. The van der Waals surface area contributed by atoms with E-state index in [2.05, 4.69) is 20.1 Å². The van der Waals surface area contributed by atoms with Crippen molar-refractivity contribution in [2.45, 2.75) is 25.8 Å². The van der Waals surface area contributed by atoms with E-state index in [1.54, 1.807) is 13.1 Å². The minimum Gasteiger partial charge on any atom is -0.356 e. The van der Waals surface area contributed by atoms with Gasteiger partial charge in [0.2, 0.25) is 0 Å². The molecule has 2 rings (SSSR count). The first kappa shape index (κ1) is 23.0. The molecule has 1 aliphatic heterocycles. The van der Waals surface area contributed by atoms with Gasteiger partial charge < -0.3 is 10.2 Å². The second-order valence-corrected chi connectivity index (χ2v) is 6.13. The summed E-state index contributed by atoms with van der Waals surface area (Å²) in [7, 11) is 1.72. The molecule has 8 heteroatoms. The Labute approximate surface area is 170 Å². The summed E-state index contributed by atoms with van der Waals surface area (Å²) in [5, 5.41) is 3.16. The molecule has 1 heterocycles. The Hall–Kier alpha value is -1.03. The van der Waals surface area contributed by atoms with Gasteiger partial charge in [0.15, 0.2) is 5.96 Å². The molecule has 26 heavy (non-hydrogen) atoms. The molecule has 1 aromatic rings. The summed E-state index contributed by atoms with van der Waals surface area (Å²) >= 11 is 0. The first-order valence-corrected chi connectivity index (χ1v) is 8.81. The Bertz CT molecular complexity index is 578. The lowest BCUT2D eigenvalue weighted by Gasteiger charge is -2.40. The Kier molecular flexibility index (Phi) is 10.3. The molecule has 0 aliphatic carbocycles. The topological polar surface area (TPSA) is 30.9 Å². The summed E-state index contributed by atoms with van der Waals surface area (Å²) in [6, 6.07) is 3.74. The van der Waals surface area contributed by atoms with Crippen molar-refractivity contribution in [1.29, 1.82) is 0 Å². The summed E-state index contributed by atoms with van der Waals surface area (Å²) < 4.78 is 39.5. The van der Waals surface area contributed by atoms with E-state index in [-0.39, 0.29) is 36.7 Å². The third-order valence-corrected chi connectivity index (χ3v) is 4.57. The smallest absolute Gasteiger partial charge is 0.193 e. The quantitative estimate of drug-likeness (QED) is 0.290. The van der Waals surface area contributed by atoms with Crippen molar-refractivity contribution in [2.24, 2.45) is 4.99 Å². The molecule has 0 bridgehead atoms. The van der Waals surface area contributed by atoms with Crippen LogP contribution in [0.15, 0.2) is 23.2 Å². The first-order valence-electron chi connectivity index (χ1n) is 8.81. The van der Waals surface area contributed by atoms with Gasteiger partial charge in [-0.3, -0.25) is 14.3 Å². The van der Waals surface area contributed by atoms with Crippen LogP contribution in [-0.2, 0) is 0 Å². The van der Waals surface area contributed by atoms with Gasteiger partial charge in [0.05, 0.1) is 6.67 Å². The number of nitrogens with one attached hydrogen (secondary N) is 1. The maximum Gasteiger partial charge on any atom is 0.193 e. The highest BCUT2D eigenvalue weighted by Crippen LogP contribution is 2.28. The van der Waals surface area contributed by atoms with Gasteiger partial charge in [-0.25, -0.2) is 8.78 Å². The van der Waals surface area contributed by atoms with E-state index in [1.165, 1.54) is 6.07 Å². The average molecular weight is 484 g/mol. The standard InChI is InChI=1S/C18H27F3N4.HI/c1-3-17(15-6-5-14(20)13-16(15)21)24-9-11-25(12-10-24)18(22-2)23-8-4-7-19;/h5-6,13,17H,3-4,7-12H2,1-2H3,(H,22,23);1H. The number of alkyl halides is 1. The number of aliphatic imine (C=N–C) groups is 1. The Morgan fingerprint density at radius 1 is 1.23 bits per heavy atom. The molecule has 0 saturated carbocycles. The Morgan fingerprint density at radius 2 is 1.92 bits per heavy atom. The predicted octanol–water partition coefficient (Wildman–Crippen LogP) is 3.59. The molecule has 1 N–H and O–H groups in total. The van der Waals surface area contributed by atoms with E-state index in [1.807, 2.05) is 6.92 Å². The molecule has 1 saturated heterocycles. The highest BCUT2D eigenvalue weighted by molar-refractivity contribution is 14.0. The van der Waals surface area contributed by atoms with Crippen molar-refractivity contribution in [1.82, 2.24) is 15.1 Å². The van der Waals surface area contributed by atoms with Crippen LogP contribution in [0.25, 0.3) is 0 Å². The van der Waals surface area contributed by atoms with Crippen LogP contribution in [0.4, 0.5) is 13.2 Å². The van der Waals surface area contributed by atoms with Crippen LogP contribution in [0.3, 0.4) is 0 Å². The van der Waals surface area contributed by atoms with Gasteiger partial charge in [0.1, 0.15) is 11.6 Å². The second kappa shape index (κ2) is 11.6. The fourth-order valence-electron chi connectivity index (χ4n) is 3.29. The van der Waals surface area contributed by atoms with Gasteiger partial charge in [-0.15, -0.1) is 24.0 Å². The number of nitrogens with zero attached hydrogens (tertiary/aromatic N) is 3. The zero-order chi connectivity index (χ0) is 18.2. The highest BCUT2D eigenvalue weighted by atomic mass is 127. The third kappa shape index (κ3) is 6.00. The van der Waals surface area contributed by atoms with Gasteiger partial charge >= 0.3 is 0 Å². The molecular weight excluding hydrogens is 456 g/mol. The number of piperazine rings is 1. The minimum absolute atomic E-state index is 0. The summed E-state index contributed by atoms with van der Waals surface area (Å²) in [5.41, 5.74) is 0.544. The highest BCUT2D eigenvalue weighted by Gasteiger charge is 2.27. The van der Waals surface area contributed by atoms with Crippen LogP contribution < -0.4 is 5.32 Å². The molecule has 1 aromatic carbocycles. The van der Waals surface area contributed by atoms with Crippen molar-refractivity contribution in [3.63, 3.8) is 0 Å². The summed E-state index contributed by atoms with van der Waals surface area (Å²) in [5.74, 6) is -0.267. The lowest BCUT2D eigenvalue weighted by Crippen LogP contribution is -2.53. The monoisotopic (exact) mass is 484 g/mol. The zero-order valence-electron chi connectivity index (χ0n) is 15.4. The zero-order valence-corrected chi connectivity index (χ0v) is 17.7. The van der Waals surface area contributed by atoms with Crippen LogP contribution >= 0.6 is 24.0 Å². The van der Waals surface area contributed by atoms with Gasteiger partial charge in [-0.05, 0) is 18.9 Å². The van der Waals surface area contributed by atoms with Gasteiger partial charge in [-0.2, -0.15) is 0 Å². The number of hydrogen-bond acceptors (Lipinski definition) is 2. The molecule has 0 amide bonds.